The molecule has 5 heteroatoms. The van der Waals surface area contributed by atoms with Gasteiger partial charge >= 0.3 is 0 Å². The summed E-state index contributed by atoms with van der Waals surface area (Å²) in [5.74, 6) is -0.120. The lowest BCUT2D eigenvalue weighted by molar-refractivity contribution is -0.272. The molecule has 0 aliphatic carbocycles. The lowest BCUT2D eigenvalue weighted by Crippen LogP contribution is -2.55. The minimum absolute atomic E-state index is 0.120. The van der Waals surface area contributed by atoms with E-state index in [9.17, 15) is 14.7 Å². The van der Waals surface area contributed by atoms with Crippen molar-refractivity contribution in [2.45, 2.75) is 52.1 Å². The molecule has 0 bridgehead atoms. The fourth-order valence-electron chi connectivity index (χ4n) is 3.16. The normalized spacial score (nSPS) is 15.4. The Labute approximate surface area is 143 Å². The van der Waals surface area contributed by atoms with Crippen LogP contribution < -0.4 is 10.0 Å². The predicted molar refractivity (Wildman–Crippen MR) is 92.7 cm³/mol. The third kappa shape index (κ3) is 3.78. The Morgan fingerprint density at radius 2 is 2.00 bits per heavy atom. The number of carbonyl (C=O) groups excluding carboxylic acids is 2. The summed E-state index contributed by atoms with van der Waals surface area (Å²) in [6.45, 7) is 8.00. The van der Waals surface area contributed by atoms with Crippen molar-refractivity contribution in [2.75, 3.05) is 11.4 Å². The van der Waals surface area contributed by atoms with Gasteiger partial charge in [-0.15, -0.1) is 0 Å². The first kappa shape index (κ1) is 18.0. The first-order chi connectivity index (χ1) is 11.3. The van der Waals surface area contributed by atoms with Crippen LogP contribution >= 0.6 is 0 Å². The van der Waals surface area contributed by atoms with Crippen molar-refractivity contribution in [3.05, 3.63) is 42.0 Å². The fourth-order valence-corrected chi connectivity index (χ4v) is 3.16. The lowest BCUT2D eigenvalue weighted by atomic mass is 10.0. The molecule has 0 saturated heterocycles. The summed E-state index contributed by atoms with van der Waals surface area (Å²) in [5, 5.41) is 11.5. The zero-order valence-corrected chi connectivity index (χ0v) is 14.8. The lowest BCUT2D eigenvalue weighted by Gasteiger charge is -2.42. The molecule has 1 atom stereocenters. The number of benzene rings is 1. The molecule has 1 aromatic rings. The van der Waals surface area contributed by atoms with Gasteiger partial charge in [0.15, 0.2) is 0 Å². The van der Waals surface area contributed by atoms with Crippen LogP contribution in [0.4, 0.5) is 10.5 Å². The van der Waals surface area contributed by atoms with E-state index >= 15 is 0 Å². The first-order valence-electron chi connectivity index (χ1n) is 8.33. The molecule has 0 spiro atoms. The van der Waals surface area contributed by atoms with Gasteiger partial charge in [-0.25, -0.2) is 0 Å². The Morgan fingerprint density at radius 3 is 2.58 bits per heavy atom. The Hall–Kier alpha value is -2.30. The maximum absolute atomic E-state index is 12.5. The van der Waals surface area contributed by atoms with E-state index < -0.39 is 17.7 Å². The molecule has 1 aromatic carbocycles. The highest BCUT2D eigenvalue weighted by Crippen LogP contribution is 2.27. The van der Waals surface area contributed by atoms with E-state index in [2.05, 4.69) is 0 Å². The van der Waals surface area contributed by atoms with Gasteiger partial charge in [-0.3, -0.25) is 4.79 Å². The number of anilines is 1. The van der Waals surface area contributed by atoms with Crippen molar-refractivity contribution in [3.8, 4) is 0 Å². The van der Waals surface area contributed by atoms with E-state index in [1.807, 2.05) is 52.0 Å². The summed E-state index contributed by atoms with van der Waals surface area (Å²) >= 11 is 0. The molecule has 0 radical (unpaired) electrons. The highest BCUT2D eigenvalue weighted by atomic mass is 16.4. The molecular weight excluding hydrogens is 304 g/mol. The molecular formula is C19H25N2O3-. The van der Waals surface area contributed by atoms with Crippen LogP contribution in [0.3, 0.4) is 0 Å². The molecule has 1 aliphatic rings. The number of amides is 2. The maximum atomic E-state index is 12.5. The summed E-state index contributed by atoms with van der Waals surface area (Å²) in [6, 6.07) is 7.46. The third-order valence-corrected chi connectivity index (χ3v) is 4.28. The molecule has 2 amide bonds. The van der Waals surface area contributed by atoms with Gasteiger partial charge in [0.2, 0.25) is 0 Å². The summed E-state index contributed by atoms with van der Waals surface area (Å²) < 4.78 is 0. The average molecular weight is 329 g/mol. The van der Waals surface area contributed by atoms with Gasteiger partial charge in [-0.05, 0) is 45.2 Å². The van der Waals surface area contributed by atoms with Crippen LogP contribution in [-0.4, -0.2) is 35.0 Å². The number of para-hydroxylation sites is 1. The molecule has 0 fully saturated rings. The van der Waals surface area contributed by atoms with E-state index in [1.54, 1.807) is 11.0 Å². The second kappa shape index (κ2) is 7.07. The first-order valence-corrected chi connectivity index (χ1v) is 8.33. The van der Waals surface area contributed by atoms with Gasteiger partial charge in [0.25, 0.3) is 5.91 Å². The highest BCUT2D eigenvalue weighted by Gasteiger charge is 2.27. The van der Waals surface area contributed by atoms with Gasteiger partial charge in [0.05, 0.1) is 0 Å². The van der Waals surface area contributed by atoms with E-state index in [1.165, 1.54) is 11.0 Å². The van der Waals surface area contributed by atoms with E-state index in [4.69, 9.17) is 0 Å². The van der Waals surface area contributed by atoms with Crippen LogP contribution in [0.1, 0.15) is 39.7 Å². The van der Waals surface area contributed by atoms with E-state index in [0.29, 0.717) is 13.0 Å². The zero-order chi connectivity index (χ0) is 17.9. The number of fused-ring (bicyclic) bond motifs is 1. The van der Waals surface area contributed by atoms with Crippen molar-refractivity contribution >= 4 is 17.7 Å². The second-order valence-corrected chi connectivity index (χ2v) is 7.01. The van der Waals surface area contributed by atoms with E-state index in [-0.39, 0.29) is 5.91 Å². The topological polar surface area (TPSA) is 63.7 Å². The van der Waals surface area contributed by atoms with Crippen molar-refractivity contribution in [1.82, 2.24) is 4.90 Å². The van der Waals surface area contributed by atoms with Crippen LogP contribution in [0.25, 0.3) is 0 Å². The Kier molecular flexibility index (Phi) is 5.32. The monoisotopic (exact) mass is 329 g/mol. The standard InChI is InChI=1S/C19H26N2O3/c1-5-15(21(18(23)24)19(2,3)4)10-11-17(22)20-13-12-14-8-6-7-9-16(14)20/h6-11,15H,5,12-13H2,1-4H3,(H,23,24)/p-1/b11-10+/t15-/m0/s1. The molecule has 0 unspecified atom stereocenters. The molecule has 5 nitrogen and oxygen atoms in total. The molecule has 0 N–H and O–H groups in total. The van der Waals surface area contributed by atoms with Gasteiger partial charge in [-0.1, -0.05) is 31.2 Å². The number of rotatable bonds is 4. The molecule has 24 heavy (non-hydrogen) atoms. The minimum atomic E-state index is -1.22. The number of hydrogen-bond acceptors (Lipinski definition) is 3. The van der Waals surface area contributed by atoms with Crippen molar-refractivity contribution in [1.29, 1.82) is 0 Å². The smallest absolute Gasteiger partial charge is 0.250 e. The average Bonchev–Trinajstić information content (AvgIpc) is 2.93. The largest absolute Gasteiger partial charge is 0.530 e. The molecule has 130 valence electrons. The second-order valence-electron chi connectivity index (χ2n) is 7.01. The van der Waals surface area contributed by atoms with Gasteiger partial charge < -0.3 is 19.7 Å². The summed E-state index contributed by atoms with van der Waals surface area (Å²) in [7, 11) is 0. The number of carboxylic acid groups (broad SMARTS) is 1. The summed E-state index contributed by atoms with van der Waals surface area (Å²) in [5.41, 5.74) is 1.51. The van der Waals surface area contributed by atoms with Crippen LogP contribution in [0.15, 0.2) is 36.4 Å². The summed E-state index contributed by atoms with van der Waals surface area (Å²) in [4.78, 5) is 27.0. The van der Waals surface area contributed by atoms with Crippen molar-refractivity contribution in [3.63, 3.8) is 0 Å². The summed E-state index contributed by atoms with van der Waals surface area (Å²) in [6.07, 6.45) is 3.35. The van der Waals surface area contributed by atoms with Crippen molar-refractivity contribution in [2.24, 2.45) is 0 Å². The SMILES string of the molecule is CC[C@@H](/C=C/C(=O)N1CCc2ccccc21)N(C(=O)[O-])C(C)(C)C. The Morgan fingerprint density at radius 1 is 1.33 bits per heavy atom. The van der Waals surface area contributed by atoms with Crippen LogP contribution in [0, 0.1) is 0 Å². The van der Waals surface area contributed by atoms with Crippen LogP contribution in [0.5, 0.6) is 0 Å². The van der Waals surface area contributed by atoms with Crippen molar-refractivity contribution < 1.29 is 14.7 Å². The Bertz CT molecular complexity index is 646. The minimum Gasteiger partial charge on any atom is -0.530 e. The highest BCUT2D eigenvalue weighted by molar-refractivity contribution is 6.02. The van der Waals surface area contributed by atoms with Crippen LogP contribution in [0.2, 0.25) is 0 Å². The van der Waals surface area contributed by atoms with E-state index in [0.717, 1.165) is 17.7 Å². The quantitative estimate of drug-likeness (QED) is 0.797. The molecule has 0 saturated carbocycles. The maximum Gasteiger partial charge on any atom is 0.250 e. The zero-order valence-electron chi connectivity index (χ0n) is 14.8. The number of nitrogens with zero attached hydrogens (tertiary/aromatic N) is 2. The van der Waals surface area contributed by atoms with Crippen LogP contribution in [-0.2, 0) is 11.2 Å². The third-order valence-electron chi connectivity index (χ3n) is 4.28. The molecule has 0 aromatic heterocycles. The predicted octanol–water partition coefficient (Wildman–Crippen LogP) is 2.35. The molecule has 2 rings (SSSR count). The van der Waals surface area contributed by atoms with Gasteiger partial charge in [0.1, 0.15) is 6.09 Å². The fraction of sp³-hybridized carbons (Fsp3) is 0.474. The Balaban J connectivity index is 2.16. The number of hydrogen-bond donors (Lipinski definition) is 0. The van der Waals surface area contributed by atoms with Gasteiger partial charge in [-0.2, -0.15) is 0 Å². The molecule has 1 heterocycles. The number of carbonyl (C=O) groups is 2. The van der Waals surface area contributed by atoms with Gasteiger partial charge in [0, 0.05) is 29.9 Å². The molecule has 1 aliphatic heterocycles.